The zero-order chi connectivity index (χ0) is 13.1. The first-order valence-electron chi connectivity index (χ1n) is 5.13. The molecule has 0 atom stereocenters. The number of esters is 1. The molecule has 0 unspecified atom stereocenters. The number of methoxy groups -OCH3 is 1. The molecule has 0 saturated heterocycles. The van der Waals surface area contributed by atoms with Crippen LogP contribution in [-0.4, -0.2) is 24.5 Å². The Morgan fingerprint density at radius 1 is 1.33 bits per heavy atom. The van der Waals surface area contributed by atoms with Gasteiger partial charge < -0.3 is 14.3 Å². The third-order valence-corrected chi connectivity index (χ3v) is 2.44. The lowest BCUT2D eigenvalue weighted by Gasteiger charge is -2.07. The summed E-state index contributed by atoms with van der Waals surface area (Å²) >= 11 is 0. The van der Waals surface area contributed by atoms with Crippen molar-refractivity contribution < 1.29 is 23.8 Å². The minimum atomic E-state index is -0.674. The van der Waals surface area contributed by atoms with Gasteiger partial charge in [0.25, 0.3) is 0 Å². The van der Waals surface area contributed by atoms with E-state index < -0.39 is 5.97 Å². The average molecular weight is 246 g/mol. The number of phenolic OH excluding ortho intramolecular Hbond substituents is 1. The summed E-state index contributed by atoms with van der Waals surface area (Å²) in [6.45, 7) is 0. The topological polar surface area (TPSA) is 76.7 Å². The first-order valence-corrected chi connectivity index (χ1v) is 5.13. The summed E-state index contributed by atoms with van der Waals surface area (Å²) in [7, 11) is 1.22. The van der Waals surface area contributed by atoms with Crippen molar-refractivity contribution in [2.24, 2.45) is 0 Å². The SMILES string of the molecule is COC(=O)c1c(O)cccc1-c1ccc(C=O)o1. The molecule has 1 aromatic carbocycles. The van der Waals surface area contributed by atoms with E-state index in [1.165, 1.54) is 19.2 Å². The molecule has 5 nitrogen and oxygen atoms in total. The van der Waals surface area contributed by atoms with Crippen LogP contribution >= 0.6 is 0 Å². The molecule has 5 heteroatoms. The Hall–Kier alpha value is -2.56. The second-order valence-electron chi connectivity index (χ2n) is 3.51. The molecule has 92 valence electrons. The Bertz CT molecular complexity index is 597. The Balaban J connectivity index is 2.59. The van der Waals surface area contributed by atoms with Crippen LogP contribution in [0.25, 0.3) is 11.3 Å². The Morgan fingerprint density at radius 2 is 2.11 bits per heavy atom. The van der Waals surface area contributed by atoms with Crippen LogP contribution < -0.4 is 0 Å². The molecule has 2 aromatic rings. The fourth-order valence-electron chi connectivity index (χ4n) is 1.62. The number of furan rings is 1. The van der Waals surface area contributed by atoms with Crippen LogP contribution in [0.2, 0.25) is 0 Å². The van der Waals surface area contributed by atoms with Gasteiger partial charge in [0.2, 0.25) is 0 Å². The zero-order valence-electron chi connectivity index (χ0n) is 9.54. The van der Waals surface area contributed by atoms with E-state index in [2.05, 4.69) is 4.74 Å². The number of carbonyl (C=O) groups excluding carboxylic acids is 2. The molecule has 18 heavy (non-hydrogen) atoms. The summed E-state index contributed by atoms with van der Waals surface area (Å²) in [6, 6.07) is 7.57. The van der Waals surface area contributed by atoms with Crippen LogP contribution in [0.1, 0.15) is 20.9 Å². The van der Waals surface area contributed by atoms with Crippen molar-refractivity contribution in [1.82, 2.24) is 0 Å². The van der Waals surface area contributed by atoms with E-state index in [0.29, 0.717) is 17.6 Å². The normalized spacial score (nSPS) is 10.1. The summed E-state index contributed by atoms with van der Waals surface area (Å²) in [5, 5.41) is 9.71. The first-order chi connectivity index (χ1) is 8.67. The van der Waals surface area contributed by atoms with E-state index in [1.807, 2.05) is 0 Å². The van der Waals surface area contributed by atoms with Gasteiger partial charge in [0.1, 0.15) is 17.1 Å². The van der Waals surface area contributed by atoms with Gasteiger partial charge in [0, 0.05) is 5.56 Å². The summed E-state index contributed by atoms with van der Waals surface area (Å²) in [5.41, 5.74) is 0.377. The van der Waals surface area contributed by atoms with Crippen LogP contribution in [0, 0.1) is 0 Å². The highest BCUT2D eigenvalue weighted by atomic mass is 16.5. The quantitative estimate of drug-likeness (QED) is 0.663. The molecule has 0 bridgehead atoms. The van der Waals surface area contributed by atoms with Crippen molar-refractivity contribution in [3.05, 3.63) is 41.7 Å². The lowest BCUT2D eigenvalue weighted by atomic mass is 10.0. The van der Waals surface area contributed by atoms with Crippen molar-refractivity contribution in [3.8, 4) is 17.1 Å². The second kappa shape index (κ2) is 4.75. The third-order valence-electron chi connectivity index (χ3n) is 2.44. The van der Waals surface area contributed by atoms with E-state index in [4.69, 9.17) is 4.42 Å². The highest BCUT2D eigenvalue weighted by Gasteiger charge is 2.19. The molecular formula is C13H10O5. The number of phenols is 1. The second-order valence-corrected chi connectivity index (χ2v) is 3.51. The fraction of sp³-hybridized carbons (Fsp3) is 0.0769. The van der Waals surface area contributed by atoms with Crippen molar-refractivity contribution in [2.45, 2.75) is 0 Å². The van der Waals surface area contributed by atoms with Gasteiger partial charge >= 0.3 is 5.97 Å². The largest absolute Gasteiger partial charge is 0.507 e. The molecule has 1 heterocycles. The van der Waals surface area contributed by atoms with Crippen molar-refractivity contribution in [3.63, 3.8) is 0 Å². The zero-order valence-corrected chi connectivity index (χ0v) is 9.54. The molecule has 0 radical (unpaired) electrons. The molecule has 0 aliphatic carbocycles. The summed E-state index contributed by atoms with van der Waals surface area (Å²) in [4.78, 5) is 22.2. The minimum absolute atomic E-state index is 0.00630. The highest BCUT2D eigenvalue weighted by molar-refractivity contribution is 5.99. The van der Waals surface area contributed by atoms with E-state index >= 15 is 0 Å². The number of rotatable bonds is 3. The van der Waals surface area contributed by atoms with Crippen LogP contribution in [-0.2, 0) is 4.74 Å². The van der Waals surface area contributed by atoms with E-state index in [9.17, 15) is 14.7 Å². The standard InChI is InChI=1S/C13H10O5/c1-17-13(16)12-9(3-2-4-10(12)15)11-6-5-8(7-14)18-11/h2-7,15H,1H3. The molecule has 0 amide bonds. The highest BCUT2D eigenvalue weighted by Crippen LogP contribution is 2.31. The van der Waals surface area contributed by atoms with Crippen molar-refractivity contribution in [2.75, 3.05) is 7.11 Å². The van der Waals surface area contributed by atoms with Gasteiger partial charge in [-0.2, -0.15) is 0 Å². The third kappa shape index (κ3) is 1.98. The van der Waals surface area contributed by atoms with Gasteiger partial charge in [-0.05, 0) is 18.2 Å². The molecule has 0 aliphatic rings. The number of ether oxygens (including phenoxy) is 1. The van der Waals surface area contributed by atoms with E-state index in [-0.39, 0.29) is 17.1 Å². The first kappa shape index (κ1) is 11.9. The Labute approximate surface area is 103 Å². The number of aldehydes is 1. The smallest absolute Gasteiger partial charge is 0.342 e. The monoisotopic (exact) mass is 246 g/mol. The van der Waals surface area contributed by atoms with Crippen molar-refractivity contribution in [1.29, 1.82) is 0 Å². The number of hydrogen-bond acceptors (Lipinski definition) is 5. The Morgan fingerprint density at radius 3 is 2.72 bits per heavy atom. The van der Waals surface area contributed by atoms with Crippen LogP contribution in [0.3, 0.4) is 0 Å². The van der Waals surface area contributed by atoms with Crippen molar-refractivity contribution >= 4 is 12.3 Å². The Kier molecular flexibility index (Phi) is 3.14. The van der Waals surface area contributed by atoms with E-state index in [1.54, 1.807) is 18.2 Å². The molecule has 0 aliphatic heterocycles. The maximum absolute atomic E-state index is 11.6. The van der Waals surface area contributed by atoms with Crippen LogP contribution in [0.4, 0.5) is 0 Å². The molecule has 0 spiro atoms. The van der Waals surface area contributed by atoms with Gasteiger partial charge in [-0.15, -0.1) is 0 Å². The summed E-state index contributed by atoms with van der Waals surface area (Å²) in [6.07, 6.45) is 0.560. The lowest BCUT2D eigenvalue weighted by molar-refractivity contribution is 0.0598. The van der Waals surface area contributed by atoms with Gasteiger partial charge in [0.05, 0.1) is 7.11 Å². The maximum atomic E-state index is 11.6. The number of aromatic hydroxyl groups is 1. The number of carbonyl (C=O) groups is 2. The lowest BCUT2D eigenvalue weighted by Crippen LogP contribution is -2.03. The maximum Gasteiger partial charge on any atom is 0.342 e. The average Bonchev–Trinajstić information content (AvgIpc) is 2.86. The fourth-order valence-corrected chi connectivity index (χ4v) is 1.62. The van der Waals surface area contributed by atoms with Gasteiger partial charge in [0.15, 0.2) is 12.0 Å². The van der Waals surface area contributed by atoms with Crippen LogP contribution in [0.5, 0.6) is 5.75 Å². The molecule has 1 aromatic heterocycles. The van der Waals surface area contributed by atoms with Gasteiger partial charge in [-0.3, -0.25) is 4.79 Å². The van der Waals surface area contributed by atoms with Crippen LogP contribution in [0.15, 0.2) is 34.7 Å². The summed E-state index contributed by atoms with van der Waals surface area (Å²) in [5.74, 6) is -0.423. The molecule has 1 N–H and O–H groups in total. The number of benzene rings is 1. The summed E-state index contributed by atoms with van der Waals surface area (Å²) < 4.78 is 9.82. The molecule has 0 saturated carbocycles. The van der Waals surface area contributed by atoms with E-state index in [0.717, 1.165) is 0 Å². The molecule has 2 rings (SSSR count). The molecule has 0 fully saturated rings. The predicted octanol–water partition coefficient (Wildman–Crippen LogP) is 2.25. The predicted molar refractivity (Wildman–Crippen MR) is 62.5 cm³/mol. The minimum Gasteiger partial charge on any atom is -0.507 e. The van der Waals surface area contributed by atoms with Gasteiger partial charge in [-0.1, -0.05) is 12.1 Å². The van der Waals surface area contributed by atoms with Gasteiger partial charge in [-0.25, -0.2) is 4.79 Å². The number of hydrogen-bond donors (Lipinski definition) is 1. The molecular weight excluding hydrogens is 236 g/mol.